The van der Waals surface area contributed by atoms with E-state index in [0.717, 1.165) is 44.7 Å². The first kappa shape index (κ1) is 19.5. The van der Waals surface area contributed by atoms with Gasteiger partial charge in [0.25, 0.3) is 0 Å². The third-order valence-corrected chi connectivity index (χ3v) is 4.20. The maximum atomic E-state index is 12.5. The smallest absolute Gasteiger partial charge is 0.322 e. The van der Waals surface area contributed by atoms with Gasteiger partial charge in [-0.1, -0.05) is 0 Å². The Morgan fingerprint density at radius 3 is 2.24 bits per heavy atom. The summed E-state index contributed by atoms with van der Waals surface area (Å²) in [6, 6.07) is 4.22. The molecule has 5 nitrogen and oxygen atoms in total. The minimum atomic E-state index is -4.37. The van der Waals surface area contributed by atoms with Gasteiger partial charge in [-0.05, 0) is 57.9 Å². The van der Waals surface area contributed by atoms with Crippen LogP contribution in [0.1, 0.15) is 12.0 Å². The Hall–Kier alpha value is -1.80. The largest absolute Gasteiger partial charge is 0.416 e. The van der Waals surface area contributed by atoms with E-state index in [9.17, 15) is 18.0 Å². The lowest BCUT2D eigenvalue weighted by molar-refractivity contribution is -0.137. The number of alkyl halides is 3. The highest BCUT2D eigenvalue weighted by molar-refractivity contribution is 5.89. The molecule has 25 heavy (non-hydrogen) atoms. The van der Waals surface area contributed by atoms with Gasteiger partial charge in [-0.3, -0.25) is 4.90 Å². The highest BCUT2D eigenvalue weighted by Crippen LogP contribution is 2.29. The molecule has 1 heterocycles. The van der Waals surface area contributed by atoms with Crippen molar-refractivity contribution in [3.63, 3.8) is 0 Å². The lowest BCUT2D eigenvalue weighted by Crippen LogP contribution is -2.50. The van der Waals surface area contributed by atoms with Crippen LogP contribution in [0.2, 0.25) is 0 Å². The number of carbonyl (C=O) groups excluding carboxylic acids is 1. The average Bonchev–Trinajstić information content (AvgIpc) is 2.55. The summed E-state index contributed by atoms with van der Waals surface area (Å²) in [7, 11) is 4.09. The Balaban J connectivity index is 1.77. The van der Waals surface area contributed by atoms with Gasteiger partial charge in [-0.2, -0.15) is 13.2 Å². The molecule has 0 saturated carbocycles. The quantitative estimate of drug-likeness (QED) is 0.880. The molecule has 0 unspecified atom stereocenters. The standard InChI is InChI=1S/C17H25F3N4O/c1-22(2)8-3-9-23-10-12-24(13-11-23)16(25)21-15-6-4-14(5-7-15)17(18,19)20/h4-7H,3,8-13H2,1-2H3,(H,21,25). The molecule has 0 atom stereocenters. The lowest BCUT2D eigenvalue weighted by Gasteiger charge is -2.34. The molecule has 8 heteroatoms. The van der Waals surface area contributed by atoms with Gasteiger partial charge in [0.15, 0.2) is 0 Å². The molecule has 1 fully saturated rings. The Kier molecular flexibility index (Phi) is 6.66. The Labute approximate surface area is 146 Å². The number of benzene rings is 1. The number of carbonyl (C=O) groups is 1. The third kappa shape index (κ3) is 6.21. The number of nitrogens with zero attached hydrogens (tertiary/aromatic N) is 3. The number of hydrogen-bond donors (Lipinski definition) is 1. The first-order valence-corrected chi connectivity index (χ1v) is 8.36. The number of hydrogen-bond acceptors (Lipinski definition) is 3. The van der Waals surface area contributed by atoms with Crippen LogP contribution in [0, 0.1) is 0 Å². The molecule has 0 radical (unpaired) electrons. The Morgan fingerprint density at radius 1 is 1.12 bits per heavy atom. The van der Waals surface area contributed by atoms with Crippen LogP contribution in [-0.4, -0.2) is 74.1 Å². The summed E-state index contributed by atoms with van der Waals surface area (Å²) in [6.07, 6.45) is -3.28. The first-order chi connectivity index (χ1) is 11.8. The molecular weight excluding hydrogens is 333 g/mol. The number of nitrogens with one attached hydrogen (secondary N) is 1. The van der Waals surface area contributed by atoms with Crippen LogP contribution in [-0.2, 0) is 6.18 Å². The van der Waals surface area contributed by atoms with E-state index < -0.39 is 11.7 Å². The fourth-order valence-corrected chi connectivity index (χ4v) is 2.73. The number of piperazine rings is 1. The maximum absolute atomic E-state index is 12.5. The van der Waals surface area contributed by atoms with Crippen molar-refractivity contribution >= 4 is 11.7 Å². The van der Waals surface area contributed by atoms with E-state index in [1.165, 1.54) is 12.1 Å². The van der Waals surface area contributed by atoms with Gasteiger partial charge in [0.05, 0.1) is 5.56 Å². The van der Waals surface area contributed by atoms with Gasteiger partial charge in [0.2, 0.25) is 0 Å². The van der Waals surface area contributed by atoms with Gasteiger partial charge in [0, 0.05) is 31.9 Å². The highest BCUT2D eigenvalue weighted by Gasteiger charge is 2.30. The minimum absolute atomic E-state index is 0.271. The number of rotatable bonds is 5. The molecule has 1 aliphatic rings. The molecule has 140 valence electrons. The summed E-state index contributed by atoms with van der Waals surface area (Å²) < 4.78 is 37.6. The summed E-state index contributed by atoms with van der Waals surface area (Å²) in [6.45, 7) is 4.91. The van der Waals surface area contributed by atoms with Crippen LogP contribution in [0.3, 0.4) is 0 Å². The normalized spacial score (nSPS) is 16.3. The molecule has 1 aliphatic heterocycles. The van der Waals surface area contributed by atoms with Crippen molar-refractivity contribution in [1.29, 1.82) is 0 Å². The van der Waals surface area contributed by atoms with Crippen LogP contribution >= 0.6 is 0 Å². The zero-order valence-electron chi connectivity index (χ0n) is 14.6. The van der Waals surface area contributed by atoms with Crippen LogP contribution in [0.5, 0.6) is 0 Å². The zero-order chi connectivity index (χ0) is 18.4. The monoisotopic (exact) mass is 358 g/mol. The van der Waals surface area contributed by atoms with Crippen LogP contribution in [0.25, 0.3) is 0 Å². The van der Waals surface area contributed by atoms with Gasteiger partial charge >= 0.3 is 12.2 Å². The Morgan fingerprint density at radius 2 is 1.72 bits per heavy atom. The predicted molar refractivity (Wildman–Crippen MR) is 91.6 cm³/mol. The van der Waals surface area contributed by atoms with Crippen molar-refractivity contribution in [2.24, 2.45) is 0 Å². The van der Waals surface area contributed by atoms with Crippen molar-refractivity contribution in [2.45, 2.75) is 12.6 Å². The number of halogens is 3. The summed E-state index contributed by atoms with van der Waals surface area (Å²) in [5, 5.41) is 2.66. The summed E-state index contributed by atoms with van der Waals surface area (Å²) in [4.78, 5) is 18.4. The second-order valence-corrected chi connectivity index (χ2v) is 6.49. The van der Waals surface area contributed by atoms with E-state index in [0.29, 0.717) is 18.8 Å². The Bertz CT molecular complexity index is 552. The second-order valence-electron chi connectivity index (χ2n) is 6.49. The van der Waals surface area contributed by atoms with Gasteiger partial charge < -0.3 is 15.1 Å². The molecule has 2 amide bonds. The summed E-state index contributed by atoms with van der Waals surface area (Å²) >= 11 is 0. The van der Waals surface area contributed by atoms with Crippen molar-refractivity contribution in [2.75, 3.05) is 58.7 Å². The number of anilines is 1. The van der Waals surface area contributed by atoms with Gasteiger partial charge in [-0.25, -0.2) is 4.79 Å². The van der Waals surface area contributed by atoms with E-state index in [2.05, 4.69) is 15.1 Å². The molecule has 2 rings (SSSR count). The van der Waals surface area contributed by atoms with Crippen molar-refractivity contribution in [3.05, 3.63) is 29.8 Å². The fourth-order valence-electron chi connectivity index (χ4n) is 2.73. The van der Waals surface area contributed by atoms with Crippen molar-refractivity contribution in [1.82, 2.24) is 14.7 Å². The predicted octanol–water partition coefficient (Wildman–Crippen LogP) is 2.81. The van der Waals surface area contributed by atoms with Crippen molar-refractivity contribution < 1.29 is 18.0 Å². The molecule has 0 bridgehead atoms. The van der Waals surface area contributed by atoms with Crippen LogP contribution in [0.15, 0.2) is 24.3 Å². The highest BCUT2D eigenvalue weighted by atomic mass is 19.4. The van der Waals surface area contributed by atoms with E-state index in [1.807, 2.05) is 14.1 Å². The zero-order valence-corrected chi connectivity index (χ0v) is 14.6. The summed E-state index contributed by atoms with van der Waals surface area (Å²) in [5.74, 6) is 0. The molecule has 0 aromatic heterocycles. The molecule has 0 aliphatic carbocycles. The first-order valence-electron chi connectivity index (χ1n) is 8.36. The lowest BCUT2D eigenvalue weighted by atomic mass is 10.2. The molecule has 1 saturated heterocycles. The average molecular weight is 358 g/mol. The van der Waals surface area contributed by atoms with Gasteiger partial charge in [0.1, 0.15) is 0 Å². The maximum Gasteiger partial charge on any atom is 0.416 e. The number of urea groups is 1. The van der Waals surface area contributed by atoms with Gasteiger partial charge in [-0.15, -0.1) is 0 Å². The van der Waals surface area contributed by atoms with Crippen LogP contribution < -0.4 is 5.32 Å². The van der Waals surface area contributed by atoms with E-state index in [1.54, 1.807) is 4.90 Å². The van der Waals surface area contributed by atoms with Crippen LogP contribution in [0.4, 0.5) is 23.7 Å². The molecular formula is C17H25F3N4O. The topological polar surface area (TPSA) is 38.8 Å². The third-order valence-electron chi connectivity index (χ3n) is 4.20. The second kappa shape index (κ2) is 8.53. The van der Waals surface area contributed by atoms with E-state index >= 15 is 0 Å². The minimum Gasteiger partial charge on any atom is -0.322 e. The molecule has 1 N–H and O–H groups in total. The fraction of sp³-hybridized carbons (Fsp3) is 0.588. The molecule has 1 aromatic rings. The van der Waals surface area contributed by atoms with E-state index in [-0.39, 0.29) is 6.03 Å². The van der Waals surface area contributed by atoms with Crippen molar-refractivity contribution in [3.8, 4) is 0 Å². The summed E-state index contributed by atoms with van der Waals surface area (Å²) in [5.41, 5.74) is -0.358. The van der Waals surface area contributed by atoms with E-state index in [4.69, 9.17) is 0 Å². The number of amides is 2. The molecule has 1 aromatic carbocycles. The molecule has 0 spiro atoms. The SMILES string of the molecule is CN(C)CCCN1CCN(C(=O)Nc2ccc(C(F)(F)F)cc2)CC1.